The lowest BCUT2D eigenvalue weighted by Gasteiger charge is -2.33. The molecule has 0 N–H and O–H groups in total. The molecule has 1 rings (SSSR count). The minimum Gasteiger partial charge on any atom is -0.397 e. The SMILES string of the molecule is CCO[SiH](CC(C)N1CCOCC1)OCC. The Bertz CT molecular complexity index is 171. The first-order valence-electron chi connectivity index (χ1n) is 6.32. The van der Waals surface area contributed by atoms with Gasteiger partial charge < -0.3 is 13.6 Å². The van der Waals surface area contributed by atoms with Gasteiger partial charge in [0.05, 0.1) is 13.2 Å². The van der Waals surface area contributed by atoms with E-state index in [0.717, 1.165) is 45.6 Å². The van der Waals surface area contributed by atoms with E-state index in [4.69, 9.17) is 13.6 Å². The average Bonchev–Trinajstić information content (AvgIpc) is 2.31. The highest BCUT2D eigenvalue weighted by atomic mass is 28.3. The molecular formula is C11H25NO3Si. The van der Waals surface area contributed by atoms with E-state index in [2.05, 4.69) is 11.8 Å². The molecule has 1 heterocycles. The third-order valence-electron chi connectivity index (χ3n) is 2.91. The van der Waals surface area contributed by atoms with E-state index in [9.17, 15) is 0 Å². The molecule has 0 radical (unpaired) electrons. The third-order valence-corrected chi connectivity index (χ3v) is 5.39. The Labute approximate surface area is 101 Å². The highest BCUT2D eigenvalue weighted by molar-refractivity contribution is 6.44. The molecular weight excluding hydrogens is 222 g/mol. The van der Waals surface area contributed by atoms with E-state index in [1.54, 1.807) is 0 Å². The summed E-state index contributed by atoms with van der Waals surface area (Å²) in [6, 6.07) is 1.63. The van der Waals surface area contributed by atoms with Crippen LogP contribution in [0.2, 0.25) is 6.04 Å². The van der Waals surface area contributed by atoms with Crippen LogP contribution in [0.3, 0.4) is 0 Å². The zero-order chi connectivity index (χ0) is 11.8. The van der Waals surface area contributed by atoms with E-state index in [-0.39, 0.29) is 0 Å². The van der Waals surface area contributed by atoms with Crippen molar-refractivity contribution >= 4 is 9.28 Å². The highest BCUT2D eigenvalue weighted by Crippen LogP contribution is 2.11. The van der Waals surface area contributed by atoms with Crippen molar-refractivity contribution in [3.63, 3.8) is 0 Å². The van der Waals surface area contributed by atoms with Crippen LogP contribution in [0, 0.1) is 0 Å². The van der Waals surface area contributed by atoms with Crippen LogP contribution in [-0.2, 0) is 13.6 Å². The second-order valence-electron chi connectivity index (χ2n) is 4.07. The fourth-order valence-electron chi connectivity index (χ4n) is 2.00. The maximum Gasteiger partial charge on any atom is 0.322 e. The molecule has 0 amide bonds. The monoisotopic (exact) mass is 247 g/mol. The van der Waals surface area contributed by atoms with Gasteiger partial charge in [0.15, 0.2) is 0 Å². The molecule has 0 aromatic carbocycles. The van der Waals surface area contributed by atoms with Crippen molar-refractivity contribution in [2.75, 3.05) is 39.5 Å². The van der Waals surface area contributed by atoms with Crippen LogP contribution in [0.25, 0.3) is 0 Å². The molecule has 1 saturated heterocycles. The standard InChI is InChI=1S/C11H25NO3Si/c1-4-14-16(15-5-2)10-11(3)12-6-8-13-9-7-12/h11,16H,4-10H2,1-3H3. The number of hydrogen-bond acceptors (Lipinski definition) is 4. The Hall–Kier alpha value is 0.0569. The molecule has 0 saturated carbocycles. The first-order valence-corrected chi connectivity index (χ1v) is 8.08. The Kier molecular flexibility index (Phi) is 7.23. The van der Waals surface area contributed by atoms with Crippen LogP contribution >= 0.6 is 0 Å². The maximum absolute atomic E-state index is 5.70. The molecule has 96 valence electrons. The van der Waals surface area contributed by atoms with E-state index in [0.29, 0.717) is 6.04 Å². The van der Waals surface area contributed by atoms with Gasteiger partial charge in [-0.25, -0.2) is 0 Å². The molecule has 0 aliphatic carbocycles. The Morgan fingerprint density at radius 2 is 1.75 bits per heavy atom. The summed E-state index contributed by atoms with van der Waals surface area (Å²) in [6.07, 6.45) is 0. The molecule has 4 nitrogen and oxygen atoms in total. The average molecular weight is 247 g/mol. The van der Waals surface area contributed by atoms with Crippen LogP contribution in [0.4, 0.5) is 0 Å². The molecule has 1 unspecified atom stereocenters. The van der Waals surface area contributed by atoms with Crippen LogP contribution in [-0.4, -0.2) is 59.7 Å². The molecule has 5 heteroatoms. The lowest BCUT2D eigenvalue weighted by Crippen LogP contribution is -2.44. The summed E-state index contributed by atoms with van der Waals surface area (Å²) >= 11 is 0. The summed E-state index contributed by atoms with van der Waals surface area (Å²) < 4.78 is 16.8. The number of hydrogen-bond donors (Lipinski definition) is 0. The first-order chi connectivity index (χ1) is 7.77. The van der Waals surface area contributed by atoms with E-state index in [1.165, 1.54) is 0 Å². The Morgan fingerprint density at radius 3 is 2.25 bits per heavy atom. The number of rotatable bonds is 7. The molecule has 0 aromatic rings. The van der Waals surface area contributed by atoms with Gasteiger partial charge in [0, 0.05) is 38.4 Å². The minimum atomic E-state index is -1.45. The predicted molar refractivity (Wildman–Crippen MR) is 67.1 cm³/mol. The minimum absolute atomic E-state index is 0.554. The molecule has 1 aliphatic rings. The van der Waals surface area contributed by atoms with Crippen LogP contribution < -0.4 is 0 Å². The largest absolute Gasteiger partial charge is 0.397 e. The summed E-state index contributed by atoms with van der Waals surface area (Å²) in [5, 5.41) is 0. The Morgan fingerprint density at radius 1 is 1.19 bits per heavy atom. The summed E-state index contributed by atoms with van der Waals surface area (Å²) in [7, 11) is -1.45. The van der Waals surface area contributed by atoms with Gasteiger partial charge in [-0.1, -0.05) is 0 Å². The number of morpholine rings is 1. The summed E-state index contributed by atoms with van der Waals surface area (Å²) in [5.41, 5.74) is 0. The van der Waals surface area contributed by atoms with Gasteiger partial charge in [-0.05, 0) is 20.8 Å². The van der Waals surface area contributed by atoms with Crippen molar-refractivity contribution in [3.05, 3.63) is 0 Å². The van der Waals surface area contributed by atoms with Crippen molar-refractivity contribution in [1.82, 2.24) is 4.90 Å². The lowest BCUT2D eigenvalue weighted by molar-refractivity contribution is 0.0219. The van der Waals surface area contributed by atoms with Gasteiger partial charge in [0.25, 0.3) is 0 Å². The predicted octanol–water partition coefficient (Wildman–Crippen LogP) is 1.00. The highest BCUT2D eigenvalue weighted by Gasteiger charge is 2.22. The molecule has 16 heavy (non-hydrogen) atoms. The maximum atomic E-state index is 5.70. The second-order valence-corrected chi connectivity index (χ2v) is 6.07. The molecule has 1 aliphatic heterocycles. The van der Waals surface area contributed by atoms with Crippen LogP contribution in [0.1, 0.15) is 20.8 Å². The zero-order valence-electron chi connectivity index (χ0n) is 10.8. The second kappa shape index (κ2) is 8.19. The van der Waals surface area contributed by atoms with Gasteiger partial charge in [0.2, 0.25) is 0 Å². The molecule has 1 atom stereocenters. The fraction of sp³-hybridized carbons (Fsp3) is 1.00. The topological polar surface area (TPSA) is 30.9 Å². The smallest absolute Gasteiger partial charge is 0.322 e. The van der Waals surface area contributed by atoms with Gasteiger partial charge >= 0.3 is 9.28 Å². The van der Waals surface area contributed by atoms with E-state index >= 15 is 0 Å². The van der Waals surface area contributed by atoms with E-state index < -0.39 is 9.28 Å². The van der Waals surface area contributed by atoms with Gasteiger partial charge in [-0.3, -0.25) is 4.90 Å². The van der Waals surface area contributed by atoms with Crippen molar-refractivity contribution in [3.8, 4) is 0 Å². The van der Waals surface area contributed by atoms with Crippen LogP contribution in [0.15, 0.2) is 0 Å². The molecule has 1 fully saturated rings. The molecule has 0 bridgehead atoms. The van der Waals surface area contributed by atoms with Crippen molar-refractivity contribution in [2.45, 2.75) is 32.9 Å². The third kappa shape index (κ3) is 4.93. The van der Waals surface area contributed by atoms with E-state index in [1.807, 2.05) is 13.8 Å². The van der Waals surface area contributed by atoms with Crippen molar-refractivity contribution < 1.29 is 13.6 Å². The number of ether oxygens (including phenoxy) is 1. The lowest BCUT2D eigenvalue weighted by atomic mass is 10.3. The molecule has 0 aromatic heterocycles. The van der Waals surface area contributed by atoms with Gasteiger partial charge in [-0.2, -0.15) is 0 Å². The van der Waals surface area contributed by atoms with Gasteiger partial charge in [-0.15, -0.1) is 0 Å². The normalized spacial score (nSPS) is 20.2. The zero-order valence-corrected chi connectivity index (χ0v) is 11.9. The fourth-order valence-corrected chi connectivity index (χ4v) is 3.97. The molecule has 0 spiro atoms. The van der Waals surface area contributed by atoms with Crippen molar-refractivity contribution in [2.24, 2.45) is 0 Å². The quantitative estimate of drug-likeness (QED) is 0.628. The van der Waals surface area contributed by atoms with Crippen molar-refractivity contribution in [1.29, 1.82) is 0 Å². The Balaban J connectivity index is 2.30. The van der Waals surface area contributed by atoms with Crippen LogP contribution in [0.5, 0.6) is 0 Å². The summed E-state index contributed by atoms with van der Waals surface area (Å²) in [5.74, 6) is 0. The summed E-state index contributed by atoms with van der Waals surface area (Å²) in [6.45, 7) is 11.7. The number of nitrogens with zero attached hydrogens (tertiary/aromatic N) is 1. The van der Waals surface area contributed by atoms with Gasteiger partial charge in [0.1, 0.15) is 0 Å². The summed E-state index contributed by atoms with van der Waals surface area (Å²) in [4.78, 5) is 2.47. The first kappa shape index (κ1) is 14.1.